The predicted molar refractivity (Wildman–Crippen MR) is 192 cm³/mol. The maximum Gasteiger partial charge on any atom is 0.295 e. The molecule has 2 nitrogen and oxygen atoms in total. The average molecular weight is 584 g/mol. The van der Waals surface area contributed by atoms with Crippen molar-refractivity contribution in [2.45, 2.75) is 46.5 Å². The molecule has 0 atom stereocenters. The van der Waals surface area contributed by atoms with Crippen LogP contribution in [0.15, 0.2) is 115 Å². The van der Waals surface area contributed by atoms with Crippen LogP contribution in [-0.4, -0.2) is 4.40 Å². The molecule has 8 rings (SSSR count). The zero-order valence-electron chi connectivity index (χ0n) is 27.0. The Kier molecular flexibility index (Phi) is 6.32. The molecule has 0 saturated carbocycles. The van der Waals surface area contributed by atoms with Gasteiger partial charge in [-0.25, -0.2) is 4.57 Å². The average Bonchev–Trinajstić information content (AvgIpc) is 3.34. The first-order valence-corrected chi connectivity index (χ1v) is 16.2. The van der Waals surface area contributed by atoms with Crippen molar-refractivity contribution in [3.05, 3.63) is 132 Å². The Bertz CT molecular complexity index is 2410. The minimum atomic E-state index is 0.382. The van der Waals surface area contributed by atoms with Gasteiger partial charge in [-0.3, -0.25) is 0 Å². The van der Waals surface area contributed by atoms with E-state index in [1.54, 1.807) is 0 Å². The van der Waals surface area contributed by atoms with Crippen LogP contribution in [0, 0.1) is 6.92 Å². The third-order valence-corrected chi connectivity index (χ3v) is 9.84. The lowest BCUT2D eigenvalue weighted by atomic mass is 9.82. The van der Waals surface area contributed by atoms with Gasteiger partial charge < -0.3 is 0 Å². The van der Waals surface area contributed by atoms with E-state index >= 15 is 0 Å². The highest BCUT2D eigenvalue weighted by Crippen LogP contribution is 2.42. The summed E-state index contributed by atoms with van der Waals surface area (Å²) >= 11 is 0. The van der Waals surface area contributed by atoms with Crippen molar-refractivity contribution in [1.82, 2.24) is 4.40 Å². The molecule has 45 heavy (non-hydrogen) atoms. The number of benzene rings is 6. The molecule has 0 unspecified atom stereocenters. The summed E-state index contributed by atoms with van der Waals surface area (Å²) in [6, 6.07) is 43.1. The monoisotopic (exact) mass is 583 g/mol. The highest BCUT2D eigenvalue weighted by atomic mass is 15.1. The molecule has 2 aromatic heterocycles. The number of rotatable bonds is 4. The maximum absolute atomic E-state index is 2.53. The Morgan fingerprint density at radius 3 is 1.91 bits per heavy atom. The van der Waals surface area contributed by atoms with Gasteiger partial charge in [-0.15, -0.1) is 0 Å². The molecule has 0 spiro atoms. The van der Waals surface area contributed by atoms with Crippen LogP contribution < -0.4 is 4.57 Å². The van der Waals surface area contributed by atoms with Gasteiger partial charge in [0, 0.05) is 10.8 Å². The number of aryl methyl sites for hydroxylation is 2. The van der Waals surface area contributed by atoms with Gasteiger partial charge in [0.15, 0.2) is 11.0 Å². The number of hydrogen-bond donors (Lipinski definition) is 0. The second kappa shape index (κ2) is 10.3. The maximum atomic E-state index is 2.53. The molecule has 0 aliphatic carbocycles. The lowest BCUT2D eigenvalue weighted by Gasteiger charge is -2.22. The Balaban J connectivity index is 1.52. The SMILES string of the molecule is Cc1cccc2c3ccc(-c4c(C(C)C)cc(-c5ccccc5)cc4C(C)C)cc3n3c4cc5ccccc5cc4[n+](C)c3c12. The zero-order valence-corrected chi connectivity index (χ0v) is 27.0. The van der Waals surface area contributed by atoms with E-state index in [1.807, 2.05) is 0 Å². The summed E-state index contributed by atoms with van der Waals surface area (Å²) in [6.45, 7) is 11.6. The van der Waals surface area contributed by atoms with E-state index in [2.05, 4.69) is 166 Å². The molecule has 0 saturated heterocycles. The molecule has 0 bridgehead atoms. The second-order valence-corrected chi connectivity index (χ2v) is 13.3. The summed E-state index contributed by atoms with van der Waals surface area (Å²) in [5.74, 6) is 0.764. The van der Waals surface area contributed by atoms with Gasteiger partial charge in [-0.2, -0.15) is 4.40 Å². The van der Waals surface area contributed by atoms with Crippen LogP contribution >= 0.6 is 0 Å². The lowest BCUT2D eigenvalue weighted by molar-refractivity contribution is -0.617. The van der Waals surface area contributed by atoms with Gasteiger partial charge in [0.2, 0.25) is 0 Å². The van der Waals surface area contributed by atoms with Crippen LogP contribution in [-0.2, 0) is 7.05 Å². The molecule has 0 aliphatic heterocycles. The molecule has 0 aliphatic rings. The Labute approximate surface area is 265 Å². The van der Waals surface area contributed by atoms with Crippen molar-refractivity contribution in [3.8, 4) is 22.3 Å². The molecule has 0 radical (unpaired) electrons. The summed E-state index contributed by atoms with van der Waals surface area (Å²) in [7, 11) is 2.23. The Hall–Kier alpha value is -4.95. The fourth-order valence-corrected chi connectivity index (χ4v) is 7.58. The first-order valence-electron chi connectivity index (χ1n) is 16.2. The minimum Gasteiger partial charge on any atom is -0.225 e. The number of nitrogens with zero attached hydrogens (tertiary/aromatic N) is 2. The number of pyridine rings is 1. The van der Waals surface area contributed by atoms with E-state index in [4.69, 9.17) is 0 Å². The molecular formula is C43H39N2+. The van der Waals surface area contributed by atoms with Crippen molar-refractivity contribution >= 4 is 49.1 Å². The highest BCUT2D eigenvalue weighted by molar-refractivity contribution is 6.15. The van der Waals surface area contributed by atoms with Gasteiger partial charge in [-0.1, -0.05) is 119 Å². The van der Waals surface area contributed by atoms with Crippen LogP contribution in [0.1, 0.15) is 56.2 Å². The highest BCUT2D eigenvalue weighted by Gasteiger charge is 2.26. The smallest absolute Gasteiger partial charge is 0.225 e. The van der Waals surface area contributed by atoms with Gasteiger partial charge in [0.1, 0.15) is 5.52 Å². The van der Waals surface area contributed by atoms with E-state index < -0.39 is 0 Å². The second-order valence-electron chi connectivity index (χ2n) is 13.3. The number of fused-ring (bicyclic) bond motifs is 9. The van der Waals surface area contributed by atoms with Crippen molar-refractivity contribution in [2.24, 2.45) is 7.05 Å². The van der Waals surface area contributed by atoms with Crippen LogP contribution in [0.3, 0.4) is 0 Å². The van der Waals surface area contributed by atoms with Gasteiger partial charge in [0.05, 0.1) is 12.4 Å². The van der Waals surface area contributed by atoms with Crippen molar-refractivity contribution in [3.63, 3.8) is 0 Å². The first kappa shape index (κ1) is 27.6. The van der Waals surface area contributed by atoms with Gasteiger partial charge >= 0.3 is 0 Å². The molecule has 0 fully saturated rings. The summed E-state index contributed by atoms with van der Waals surface area (Å²) in [4.78, 5) is 0. The lowest BCUT2D eigenvalue weighted by Crippen LogP contribution is -2.27. The first-order chi connectivity index (χ1) is 21.8. The largest absolute Gasteiger partial charge is 0.295 e. The molecular weight excluding hydrogens is 544 g/mol. The van der Waals surface area contributed by atoms with Gasteiger partial charge in [-0.05, 0) is 92.7 Å². The molecule has 2 heterocycles. The van der Waals surface area contributed by atoms with E-state index in [1.165, 1.54) is 88.1 Å². The van der Waals surface area contributed by atoms with Crippen molar-refractivity contribution in [1.29, 1.82) is 0 Å². The summed E-state index contributed by atoms with van der Waals surface area (Å²) in [6.07, 6.45) is 0. The van der Waals surface area contributed by atoms with E-state index in [0.29, 0.717) is 11.8 Å². The molecule has 0 N–H and O–H groups in total. The van der Waals surface area contributed by atoms with Crippen LogP contribution in [0.25, 0.3) is 71.4 Å². The fraction of sp³-hybridized carbons (Fsp3) is 0.186. The summed E-state index contributed by atoms with van der Waals surface area (Å²) in [5.41, 5.74) is 14.3. The number of hydrogen-bond acceptors (Lipinski definition) is 0. The summed E-state index contributed by atoms with van der Waals surface area (Å²) in [5, 5.41) is 6.44. The van der Waals surface area contributed by atoms with Crippen LogP contribution in [0.2, 0.25) is 0 Å². The molecule has 0 amide bonds. The molecule has 220 valence electrons. The number of aromatic nitrogens is 2. The predicted octanol–water partition coefficient (Wildman–Crippen LogP) is 11.3. The third-order valence-electron chi connectivity index (χ3n) is 9.84. The van der Waals surface area contributed by atoms with Crippen molar-refractivity contribution in [2.75, 3.05) is 0 Å². The zero-order chi connectivity index (χ0) is 31.0. The fourth-order valence-electron chi connectivity index (χ4n) is 7.58. The van der Waals surface area contributed by atoms with Crippen LogP contribution in [0.4, 0.5) is 0 Å². The van der Waals surface area contributed by atoms with Gasteiger partial charge in [0.25, 0.3) is 5.65 Å². The third kappa shape index (κ3) is 4.19. The van der Waals surface area contributed by atoms with Crippen molar-refractivity contribution < 1.29 is 4.57 Å². The topological polar surface area (TPSA) is 8.29 Å². The number of imidazole rings is 1. The minimum absolute atomic E-state index is 0.382. The van der Waals surface area contributed by atoms with E-state index in [-0.39, 0.29) is 0 Å². The standard InChI is InChI=1S/C43H39N2/c1-26(2)36-21-33(29-14-8-7-9-15-29)22-37(27(3)4)42(36)32-19-20-34-35-18-12-13-28(5)41(35)43-44(6)39-23-30-16-10-11-17-31(30)24-40(39)45(43)38(34)25-32/h7-27H,1-6H3/q+1. The quantitative estimate of drug-likeness (QED) is 0.144. The normalized spacial score (nSPS) is 12.2. The molecule has 8 aromatic rings. The summed E-state index contributed by atoms with van der Waals surface area (Å²) < 4.78 is 4.93. The molecule has 6 aromatic carbocycles. The van der Waals surface area contributed by atoms with Crippen LogP contribution in [0.5, 0.6) is 0 Å². The molecule has 2 heteroatoms. The van der Waals surface area contributed by atoms with E-state index in [9.17, 15) is 0 Å². The Morgan fingerprint density at radius 1 is 0.556 bits per heavy atom. The van der Waals surface area contributed by atoms with E-state index in [0.717, 1.165) is 0 Å². The Morgan fingerprint density at radius 2 is 1.22 bits per heavy atom.